The van der Waals surface area contributed by atoms with Gasteiger partial charge in [0, 0.05) is 6.07 Å². The monoisotopic (exact) mass is 215 g/mol. The maximum Gasteiger partial charge on any atom is 0.127 e. The van der Waals surface area contributed by atoms with E-state index in [1.54, 1.807) is 18.2 Å². The lowest BCUT2D eigenvalue weighted by atomic mass is 9.89. The van der Waals surface area contributed by atoms with Crippen molar-refractivity contribution in [2.45, 2.75) is 33.1 Å². The Hall–Kier alpha value is -1.49. The molecule has 2 nitrogen and oxygen atoms in total. The first-order chi connectivity index (χ1) is 7.64. The number of benzene rings is 1. The second-order valence-corrected chi connectivity index (χ2v) is 4.45. The highest BCUT2D eigenvalue weighted by atomic mass is 16.5. The Labute approximate surface area is 97.9 Å². The fourth-order valence-electron chi connectivity index (χ4n) is 1.33. The lowest BCUT2D eigenvalue weighted by Gasteiger charge is -2.14. The van der Waals surface area contributed by atoms with Crippen LogP contribution in [0.25, 0.3) is 0 Å². The molecule has 0 atom stereocenters. The van der Waals surface area contributed by atoms with Crippen LogP contribution in [0.4, 0.5) is 0 Å². The molecule has 0 aliphatic rings. The van der Waals surface area contributed by atoms with Crippen LogP contribution in [0.5, 0.6) is 5.75 Å². The molecule has 0 saturated heterocycles. The lowest BCUT2D eigenvalue weighted by Crippen LogP contribution is -2.08. The molecular formula is C14H17NO. The smallest absolute Gasteiger partial charge is 0.127 e. The van der Waals surface area contributed by atoms with Crippen molar-refractivity contribution in [2.24, 2.45) is 5.41 Å². The zero-order chi connectivity index (χ0) is 11.9. The third-order valence-electron chi connectivity index (χ3n) is 2.38. The molecule has 0 amide bonds. The Morgan fingerprint density at radius 3 is 2.81 bits per heavy atom. The fraction of sp³-hybridized carbons (Fsp3) is 0.500. The number of nitrogens with zero attached hydrogens (tertiary/aromatic N) is 1. The predicted molar refractivity (Wildman–Crippen MR) is 62.9 cm³/mol. The first kappa shape index (κ1) is 12.6. The maximum atomic E-state index is 8.84. The molecule has 0 spiro atoms. The maximum absolute atomic E-state index is 8.84. The number of hydrogen-bond donors (Lipinski definition) is 0. The topological polar surface area (TPSA) is 33.0 Å². The van der Waals surface area contributed by atoms with Gasteiger partial charge >= 0.3 is 0 Å². The minimum absolute atomic E-state index is 0.216. The number of unbranched alkanes of at least 4 members (excludes halogenated alkanes) is 1. The normalized spacial score (nSPS) is 10.8. The van der Waals surface area contributed by atoms with Gasteiger partial charge in [-0.1, -0.05) is 6.07 Å². The number of rotatable bonds is 6. The van der Waals surface area contributed by atoms with Gasteiger partial charge in [-0.15, -0.1) is 0 Å². The van der Waals surface area contributed by atoms with Gasteiger partial charge in [-0.3, -0.25) is 0 Å². The molecule has 0 bridgehead atoms. The molecule has 1 rings (SSSR count). The average Bonchev–Trinajstić information content (AvgIpc) is 2.30. The standard InChI is InChI=1S/C14H17NO/c1-14(2,12-15)10-6-7-11-16-13-8-4-3-5-9-13/h3-4,9H,6-7,10-11H2,1-2H3. The van der Waals surface area contributed by atoms with Crippen LogP contribution in [-0.2, 0) is 0 Å². The van der Waals surface area contributed by atoms with Crippen molar-refractivity contribution in [3.63, 3.8) is 0 Å². The lowest BCUT2D eigenvalue weighted by molar-refractivity contribution is 0.294. The van der Waals surface area contributed by atoms with Gasteiger partial charge in [0.2, 0.25) is 0 Å². The molecule has 0 fully saturated rings. The van der Waals surface area contributed by atoms with Gasteiger partial charge < -0.3 is 4.74 Å². The third-order valence-corrected chi connectivity index (χ3v) is 2.38. The third kappa shape index (κ3) is 4.84. The quantitative estimate of drug-likeness (QED) is 0.681. The van der Waals surface area contributed by atoms with E-state index in [1.165, 1.54) is 0 Å². The fourth-order valence-corrected chi connectivity index (χ4v) is 1.33. The SMILES string of the molecule is CC(C)(C#N)CCCCOc1[c]cc[c]c1. The van der Waals surface area contributed by atoms with Crippen molar-refractivity contribution in [3.05, 3.63) is 30.3 Å². The van der Waals surface area contributed by atoms with E-state index in [9.17, 15) is 0 Å². The molecule has 84 valence electrons. The minimum atomic E-state index is -0.216. The summed E-state index contributed by atoms with van der Waals surface area (Å²) in [5.41, 5.74) is -0.216. The van der Waals surface area contributed by atoms with E-state index in [-0.39, 0.29) is 5.41 Å². The Balaban J connectivity index is 2.12. The molecule has 0 N–H and O–H groups in total. The van der Waals surface area contributed by atoms with E-state index in [2.05, 4.69) is 18.2 Å². The highest BCUT2D eigenvalue weighted by molar-refractivity contribution is 5.18. The summed E-state index contributed by atoms with van der Waals surface area (Å²) in [6.07, 6.45) is 2.89. The summed E-state index contributed by atoms with van der Waals surface area (Å²) in [7, 11) is 0. The molecule has 2 heteroatoms. The van der Waals surface area contributed by atoms with Crippen molar-refractivity contribution < 1.29 is 4.74 Å². The van der Waals surface area contributed by atoms with Crippen LogP contribution in [0.2, 0.25) is 0 Å². The predicted octanol–water partition coefficient (Wildman–Crippen LogP) is 3.39. The minimum Gasteiger partial charge on any atom is -0.493 e. The van der Waals surface area contributed by atoms with Crippen LogP contribution in [0.15, 0.2) is 18.2 Å². The van der Waals surface area contributed by atoms with Crippen LogP contribution in [-0.4, -0.2) is 6.61 Å². The largest absolute Gasteiger partial charge is 0.493 e. The molecule has 0 saturated carbocycles. The highest BCUT2D eigenvalue weighted by Crippen LogP contribution is 2.21. The van der Waals surface area contributed by atoms with Gasteiger partial charge in [0.25, 0.3) is 0 Å². The van der Waals surface area contributed by atoms with Gasteiger partial charge in [-0.2, -0.15) is 5.26 Å². The molecule has 2 radical (unpaired) electrons. The van der Waals surface area contributed by atoms with Gasteiger partial charge in [-0.05, 0) is 51.3 Å². The first-order valence-corrected chi connectivity index (χ1v) is 5.56. The van der Waals surface area contributed by atoms with Crippen molar-refractivity contribution in [1.82, 2.24) is 0 Å². The molecule has 0 unspecified atom stereocenters. The number of hydrogen-bond acceptors (Lipinski definition) is 2. The average molecular weight is 215 g/mol. The van der Waals surface area contributed by atoms with Crippen LogP contribution in [0.1, 0.15) is 33.1 Å². The van der Waals surface area contributed by atoms with Crippen molar-refractivity contribution in [3.8, 4) is 11.8 Å². The van der Waals surface area contributed by atoms with E-state index in [4.69, 9.17) is 10.00 Å². The summed E-state index contributed by atoms with van der Waals surface area (Å²) in [4.78, 5) is 0. The molecule has 1 aromatic rings. The Bertz CT molecular complexity index is 338. The number of ether oxygens (including phenoxy) is 1. The summed E-state index contributed by atoms with van der Waals surface area (Å²) >= 11 is 0. The molecule has 1 aromatic carbocycles. The summed E-state index contributed by atoms with van der Waals surface area (Å²) in [6, 6.07) is 13.6. The molecule has 0 aliphatic heterocycles. The second kappa shape index (κ2) is 6.17. The summed E-state index contributed by atoms with van der Waals surface area (Å²) < 4.78 is 5.48. The van der Waals surface area contributed by atoms with Crippen LogP contribution < -0.4 is 4.74 Å². The van der Waals surface area contributed by atoms with E-state index in [0.717, 1.165) is 25.0 Å². The summed E-state index contributed by atoms with van der Waals surface area (Å²) in [6.45, 7) is 4.61. The second-order valence-electron chi connectivity index (χ2n) is 4.45. The van der Waals surface area contributed by atoms with Crippen LogP contribution in [0, 0.1) is 28.9 Å². The molecular weight excluding hydrogens is 198 g/mol. The zero-order valence-corrected chi connectivity index (χ0v) is 9.92. The molecule has 16 heavy (non-hydrogen) atoms. The van der Waals surface area contributed by atoms with Gasteiger partial charge in [0.15, 0.2) is 0 Å². The van der Waals surface area contributed by atoms with Crippen LogP contribution in [0.3, 0.4) is 0 Å². The van der Waals surface area contributed by atoms with Gasteiger partial charge in [-0.25, -0.2) is 0 Å². The van der Waals surface area contributed by atoms with Crippen LogP contribution >= 0.6 is 0 Å². The highest BCUT2D eigenvalue weighted by Gasteiger charge is 2.15. The molecule has 0 aliphatic carbocycles. The van der Waals surface area contributed by atoms with E-state index in [1.807, 2.05) is 13.8 Å². The Morgan fingerprint density at radius 2 is 2.19 bits per heavy atom. The Morgan fingerprint density at radius 1 is 1.38 bits per heavy atom. The number of nitriles is 1. The van der Waals surface area contributed by atoms with E-state index in [0.29, 0.717) is 6.61 Å². The molecule has 0 heterocycles. The van der Waals surface area contributed by atoms with Gasteiger partial charge in [0.1, 0.15) is 5.75 Å². The van der Waals surface area contributed by atoms with Crippen molar-refractivity contribution in [2.75, 3.05) is 6.61 Å². The zero-order valence-electron chi connectivity index (χ0n) is 9.92. The first-order valence-electron chi connectivity index (χ1n) is 5.56. The van der Waals surface area contributed by atoms with Crippen molar-refractivity contribution in [1.29, 1.82) is 5.26 Å². The van der Waals surface area contributed by atoms with Gasteiger partial charge in [0.05, 0.1) is 18.1 Å². The summed E-state index contributed by atoms with van der Waals surface area (Å²) in [5, 5.41) is 8.84. The summed E-state index contributed by atoms with van der Waals surface area (Å²) in [5.74, 6) is 0.738. The Kier molecular flexibility index (Phi) is 4.85. The van der Waals surface area contributed by atoms with E-state index < -0.39 is 0 Å². The van der Waals surface area contributed by atoms with E-state index >= 15 is 0 Å². The molecule has 0 aromatic heterocycles. The van der Waals surface area contributed by atoms with Crippen molar-refractivity contribution >= 4 is 0 Å².